The van der Waals surface area contributed by atoms with Gasteiger partial charge in [0, 0.05) is 13.4 Å². The van der Waals surface area contributed by atoms with Crippen molar-refractivity contribution < 1.29 is 15.0 Å². The summed E-state index contributed by atoms with van der Waals surface area (Å²) >= 11 is 0. The predicted molar refractivity (Wildman–Crippen MR) is 74.5 cm³/mol. The van der Waals surface area contributed by atoms with Gasteiger partial charge in [0.2, 0.25) is 0 Å². The van der Waals surface area contributed by atoms with Crippen molar-refractivity contribution in [2.24, 2.45) is 0 Å². The van der Waals surface area contributed by atoms with Crippen LogP contribution >= 0.6 is 0 Å². The molecule has 0 radical (unpaired) electrons. The molecule has 19 heavy (non-hydrogen) atoms. The minimum Gasteiger partial charge on any atom is -0.295 e. The second-order valence-electron chi connectivity index (χ2n) is 4.55. The van der Waals surface area contributed by atoms with Crippen LogP contribution in [0.3, 0.4) is 0 Å². The van der Waals surface area contributed by atoms with Crippen molar-refractivity contribution >= 4 is 17.4 Å². The van der Waals surface area contributed by atoms with Crippen LogP contribution in [-0.2, 0) is 4.79 Å². The van der Waals surface area contributed by atoms with E-state index in [4.69, 9.17) is 0 Å². The number of rotatable bonds is 2. The van der Waals surface area contributed by atoms with Gasteiger partial charge < -0.3 is 0 Å². The zero-order chi connectivity index (χ0) is 14.0. The second-order valence-corrected chi connectivity index (χ2v) is 4.55. The quantitative estimate of drug-likeness (QED) is 0.764. The summed E-state index contributed by atoms with van der Waals surface area (Å²) in [5, 5.41) is 0. The Bertz CT molecular complexity index is 592. The normalized spacial score (nSPS) is 15.6. The highest BCUT2D eigenvalue weighted by Gasteiger charge is 2.14. The Balaban J connectivity index is 0.00000200. The Kier molecular flexibility index (Phi) is 3.74. The Morgan fingerprint density at radius 3 is 2.42 bits per heavy atom. The number of benzene rings is 1. The summed E-state index contributed by atoms with van der Waals surface area (Å²) < 4.78 is 27.5. The van der Waals surface area contributed by atoms with Crippen molar-refractivity contribution in [2.45, 2.75) is 19.8 Å². The molecule has 0 unspecified atom stereocenters. The summed E-state index contributed by atoms with van der Waals surface area (Å²) in [7, 11) is 0. The molecule has 0 saturated carbocycles. The molecule has 3 heteroatoms. The van der Waals surface area contributed by atoms with E-state index in [1.165, 1.54) is 18.2 Å². The van der Waals surface area contributed by atoms with Gasteiger partial charge in [-0.05, 0) is 42.7 Å². The van der Waals surface area contributed by atoms with Gasteiger partial charge in [-0.15, -0.1) is 0 Å². The number of hydrogen-bond donors (Lipinski definition) is 0. The molecule has 0 amide bonds. The minimum atomic E-state index is -0.644. The van der Waals surface area contributed by atoms with E-state index in [1.807, 2.05) is 6.92 Å². The van der Waals surface area contributed by atoms with Crippen LogP contribution in [0.2, 0.25) is 0 Å². The summed E-state index contributed by atoms with van der Waals surface area (Å²) in [6, 6.07) is 2.55. The van der Waals surface area contributed by atoms with Crippen LogP contribution in [0.5, 0.6) is 0 Å². The van der Waals surface area contributed by atoms with E-state index in [-0.39, 0.29) is 12.8 Å². The summed E-state index contributed by atoms with van der Waals surface area (Å²) in [5.74, 6) is -1.26. The fourth-order valence-electron chi connectivity index (χ4n) is 2.12. The van der Waals surface area contributed by atoms with Crippen LogP contribution in [0.15, 0.2) is 36.4 Å². The van der Waals surface area contributed by atoms with Crippen LogP contribution in [-0.4, -0.2) is 5.78 Å². The molecule has 1 aliphatic carbocycles. The van der Waals surface area contributed by atoms with Crippen molar-refractivity contribution in [1.82, 2.24) is 0 Å². The molecule has 0 atom stereocenters. The predicted octanol–water partition coefficient (Wildman–Crippen LogP) is 4.55. The maximum atomic E-state index is 13.7. The molecule has 0 aromatic heterocycles. The number of hydrogen-bond acceptors (Lipinski definition) is 1. The Labute approximate surface area is 112 Å². The molecular formula is C16H16F2O. The molecule has 100 valence electrons. The Morgan fingerprint density at radius 1 is 1.21 bits per heavy atom. The minimum absolute atomic E-state index is 0. The molecule has 2 rings (SSSR count). The van der Waals surface area contributed by atoms with Gasteiger partial charge in [0.1, 0.15) is 11.6 Å². The molecule has 0 saturated heterocycles. The van der Waals surface area contributed by atoms with E-state index >= 15 is 0 Å². The highest BCUT2D eigenvalue weighted by Crippen LogP contribution is 2.28. The third kappa shape index (κ3) is 2.70. The molecule has 0 aliphatic heterocycles. The lowest BCUT2D eigenvalue weighted by Crippen LogP contribution is -1.94. The third-order valence-corrected chi connectivity index (χ3v) is 3.24. The number of allylic oxidation sites excluding steroid dienone is 4. The highest BCUT2D eigenvalue weighted by atomic mass is 19.1. The van der Waals surface area contributed by atoms with Crippen molar-refractivity contribution in [3.8, 4) is 0 Å². The van der Waals surface area contributed by atoms with E-state index in [0.717, 1.165) is 11.6 Å². The van der Waals surface area contributed by atoms with E-state index in [2.05, 4.69) is 6.58 Å². The fraction of sp³-hybridized carbons (Fsp3) is 0.188. The van der Waals surface area contributed by atoms with Crippen LogP contribution < -0.4 is 0 Å². The lowest BCUT2D eigenvalue weighted by molar-refractivity contribution is -0.114. The van der Waals surface area contributed by atoms with Crippen molar-refractivity contribution in [3.05, 3.63) is 59.2 Å². The molecule has 0 N–H and O–H groups in total. The second kappa shape index (κ2) is 5.31. The molecule has 0 spiro atoms. The van der Waals surface area contributed by atoms with Gasteiger partial charge in [-0.1, -0.05) is 24.3 Å². The average molecular weight is 262 g/mol. The summed E-state index contributed by atoms with van der Waals surface area (Å²) in [4.78, 5) is 11.4. The molecule has 1 aliphatic rings. The first-order valence-corrected chi connectivity index (χ1v) is 6.05. The van der Waals surface area contributed by atoms with Gasteiger partial charge in [-0.25, -0.2) is 8.78 Å². The third-order valence-electron chi connectivity index (χ3n) is 3.24. The van der Waals surface area contributed by atoms with Crippen molar-refractivity contribution in [1.29, 1.82) is 0 Å². The first kappa shape index (κ1) is 13.4. The summed E-state index contributed by atoms with van der Waals surface area (Å²) in [6.45, 7) is 5.25. The largest absolute Gasteiger partial charge is 0.295 e. The fourth-order valence-corrected chi connectivity index (χ4v) is 2.12. The van der Waals surface area contributed by atoms with Gasteiger partial charge in [-0.2, -0.15) is 0 Å². The number of carbonyl (C=O) groups is 1. The van der Waals surface area contributed by atoms with Crippen LogP contribution in [0.1, 0.15) is 32.3 Å². The van der Waals surface area contributed by atoms with Gasteiger partial charge >= 0.3 is 0 Å². The van der Waals surface area contributed by atoms with Crippen molar-refractivity contribution in [2.75, 3.05) is 0 Å². The summed E-state index contributed by atoms with van der Waals surface area (Å²) in [6.07, 6.45) is 5.28. The smallest absolute Gasteiger partial charge is 0.156 e. The first-order chi connectivity index (χ1) is 9.02. The zero-order valence-electron chi connectivity index (χ0n) is 10.7. The molecule has 0 heterocycles. The SMILES string of the molecule is C=Cc1c(F)cc(C2=C(C)CCC(=O)C=C2)cc1F.[HH]. The van der Waals surface area contributed by atoms with Gasteiger partial charge in [0.15, 0.2) is 5.78 Å². The van der Waals surface area contributed by atoms with Gasteiger partial charge in [0.05, 0.1) is 0 Å². The Morgan fingerprint density at radius 2 is 1.84 bits per heavy atom. The monoisotopic (exact) mass is 262 g/mol. The van der Waals surface area contributed by atoms with E-state index in [9.17, 15) is 13.6 Å². The number of carbonyl (C=O) groups excluding carboxylic acids is 1. The zero-order valence-corrected chi connectivity index (χ0v) is 10.7. The first-order valence-electron chi connectivity index (χ1n) is 6.05. The van der Waals surface area contributed by atoms with Crippen LogP contribution in [0.4, 0.5) is 8.78 Å². The maximum absolute atomic E-state index is 13.7. The standard InChI is InChI=1S/C16H14F2O.H2/c1-3-13-15(17)8-11(9-16(13)18)14-7-6-12(19)5-4-10(14)2;/h3,6-9H,1,4-5H2,2H3;1H. The van der Waals surface area contributed by atoms with Crippen LogP contribution in [0, 0.1) is 11.6 Å². The topological polar surface area (TPSA) is 17.1 Å². The number of ketones is 1. The average Bonchev–Trinajstić information content (AvgIpc) is 2.51. The summed E-state index contributed by atoms with van der Waals surface area (Å²) in [5.41, 5.74) is 1.98. The molecule has 1 nitrogen and oxygen atoms in total. The highest BCUT2D eigenvalue weighted by molar-refractivity contribution is 5.95. The molecule has 1 aromatic carbocycles. The number of halogens is 2. The van der Waals surface area contributed by atoms with E-state index in [0.29, 0.717) is 24.0 Å². The van der Waals surface area contributed by atoms with E-state index in [1.54, 1.807) is 6.08 Å². The van der Waals surface area contributed by atoms with Gasteiger partial charge in [0.25, 0.3) is 0 Å². The van der Waals surface area contributed by atoms with Gasteiger partial charge in [-0.3, -0.25) is 4.79 Å². The lowest BCUT2D eigenvalue weighted by atomic mass is 9.97. The molecular weight excluding hydrogens is 246 g/mol. The lowest BCUT2D eigenvalue weighted by Gasteiger charge is -2.09. The molecule has 0 bridgehead atoms. The molecule has 0 fully saturated rings. The Hall–Kier alpha value is -2.03. The van der Waals surface area contributed by atoms with Crippen LogP contribution in [0.25, 0.3) is 11.6 Å². The molecule has 1 aromatic rings. The maximum Gasteiger partial charge on any atom is 0.156 e. The van der Waals surface area contributed by atoms with Crippen molar-refractivity contribution in [3.63, 3.8) is 0 Å². The van der Waals surface area contributed by atoms with E-state index < -0.39 is 11.6 Å².